The number of esters is 1. The predicted octanol–water partition coefficient (Wildman–Crippen LogP) is 4.02. The van der Waals surface area contributed by atoms with E-state index in [9.17, 15) is 4.79 Å². The van der Waals surface area contributed by atoms with Gasteiger partial charge in [-0.3, -0.25) is 0 Å². The molecule has 0 aromatic carbocycles. The van der Waals surface area contributed by atoms with E-state index in [1.54, 1.807) is 11.3 Å². The summed E-state index contributed by atoms with van der Waals surface area (Å²) in [5, 5.41) is 0. The number of carbonyl (C=O) groups is 1. The summed E-state index contributed by atoms with van der Waals surface area (Å²) in [4.78, 5) is 18.8. The van der Waals surface area contributed by atoms with Crippen LogP contribution in [0.25, 0.3) is 5.65 Å². The Hall–Kier alpha value is -2.14. The maximum Gasteiger partial charge on any atom is 0.348 e. The van der Waals surface area contributed by atoms with Gasteiger partial charge < -0.3 is 9.14 Å². The molecule has 23 heavy (non-hydrogen) atoms. The molecule has 0 spiro atoms. The molecule has 0 amide bonds. The Bertz CT molecular complexity index is 793. The highest BCUT2D eigenvalue weighted by Gasteiger charge is 2.17. The Labute approximate surface area is 138 Å². The second kappa shape index (κ2) is 6.16. The van der Waals surface area contributed by atoms with E-state index >= 15 is 0 Å². The van der Waals surface area contributed by atoms with Crippen LogP contribution in [-0.4, -0.2) is 15.4 Å². The first-order chi connectivity index (χ1) is 11.3. The van der Waals surface area contributed by atoms with E-state index in [0.29, 0.717) is 0 Å². The number of carbonyl (C=O) groups excluding carboxylic acids is 1. The number of pyridine rings is 1. The predicted molar refractivity (Wildman–Crippen MR) is 89.9 cm³/mol. The van der Waals surface area contributed by atoms with Gasteiger partial charge in [0.2, 0.25) is 0 Å². The van der Waals surface area contributed by atoms with Crippen molar-refractivity contribution >= 4 is 23.0 Å². The molecule has 3 heterocycles. The molecule has 0 saturated carbocycles. The normalized spacial score (nSPS) is 14.4. The van der Waals surface area contributed by atoms with Crippen molar-refractivity contribution in [1.82, 2.24) is 9.38 Å². The highest BCUT2D eigenvalue weighted by Crippen LogP contribution is 2.29. The topological polar surface area (TPSA) is 43.6 Å². The van der Waals surface area contributed by atoms with Gasteiger partial charge in [-0.25, -0.2) is 9.78 Å². The quantitative estimate of drug-likeness (QED) is 0.539. The summed E-state index contributed by atoms with van der Waals surface area (Å²) in [6.45, 7) is 0.211. The average Bonchev–Trinajstić information content (AvgIpc) is 3.10. The van der Waals surface area contributed by atoms with Crippen LogP contribution in [0.15, 0.2) is 36.7 Å². The second-order valence-corrected chi connectivity index (χ2v) is 7.03. The van der Waals surface area contributed by atoms with Crippen LogP contribution in [0, 0.1) is 0 Å². The first kappa shape index (κ1) is 14.5. The van der Waals surface area contributed by atoms with Crippen LogP contribution in [-0.2, 0) is 24.2 Å². The molecule has 0 bridgehead atoms. The minimum atomic E-state index is -0.236. The van der Waals surface area contributed by atoms with Crippen molar-refractivity contribution in [3.05, 3.63) is 57.7 Å². The second-order valence-electron chi connectivity index (χ2n) is 5.89. The fourth-order valence-corrected chi connectivity index (χ4v) is 4.18. The van der Waals surface area contributed by atoms with Crippen LogP contribution in [0.2, 0.25) is 0 Å². The molecule has 3 aromatic rings. The van der Waals surface area contributed by atoms with Crippen molar-refractivity contribution in [2.24, 2.45) is 0 Å². The lowest BCUT2D eigenvalue weighted by atomic mass is 10.1. The van der Waals surface area contributed by atoms with E-state index in [1.165, 1.54) is 29.7 Å². The molecule has 3 aromatic heterocycles. The number of rotatable bonds is 3. The number of hydrogen-bond donors (Lipinski definition) is 0. The molecule has 0 atom stereocenters. The lowest BCUT2D eigenvalue weighted by Crippen LogP contribution is -2.03. The number of aryl methyl sites for hydroxylation is 2. The molecule has 5 heteroatoms. The Morgan fingerprint density at radius 1 is 1.26 bits per heavy atom. The summed E-state index contributed by atoms with van der Waals surface area (Å²) in [7, 11) is 0. The van der Waals surface area contributed by atoms with Gasteiger partial charge in [0.25, 0.3) is 0 Å². The first-order valence-corrected chi connectivity index (χ1v) is 8.82. The first-order valence-electron chi connectivity index (χ1n) is 8.01. The highest BCUT2D eigenvalue weighted by atomic mass is 32.1. The number of nitrogens with zero attached hydrogens (tertiary/aromatic N) is 2. The third-order valence-corrected chi connectivity index (χ3v) is 5.43. The van der Waals surface area contributed by atoms with Crippen molar-refractivity contribution in [3.63, 3.8) is 0 Å². The zero-order valence-corrected chi connectivity index (χ0v) is 13.6. The fraction of sp³-hybridized carbons (Fsp3) is 0.333. The smallest absolute Gasteiger partial charge is 0.348 e. The van der Waals surface area contributed by atoms with Gasteiger partial charge in [0.15, 0.2) is 0 Å². The maximum atomic E-state index is 12.3. The molecule has 0 fully saturated rings. The van der Waals surface area contributed by atoms with Crippen molar-refractivity contribution in [2.45, 2.75) is 38.7 Å². The number of imidazole rings is 1. The number of hydrogen-bond acceptors (Lipinski definition) is 4. The average molecular weight is 326 g/mol. The SMILES string of the molecule is O=C(OCc1cn2ccccc2n1)c1cc2c(s1)CCCCC2. The van der Waals surface area contributed by atoms with Crippen molar-refractivity contribution in [3.8, 4) is 0 Å². The highest BCUT2D eigenvalue weighted by molar-refractivity contribution is 7.14. The van der Waals surface area contributed by atoms with Crippen molar-refractivity contribution in [2.75, 3.05) is 0 Å². The van der Waals surface area contributed by atoms with Gasteiger partial charge in [-0.1, -0.05) is 12.5 Å². The van der Waals surface area contributed by atoms with Gasteiger partial charge in [0, 0.05) is 17.3 Å². The van der Waals surface area contributed by atoms with Gasteiger partial charge in [-0.2, -0.15) is 0 Å². The minimum Gasteiger partial charge on any atom is -0.455 e. The lowest BCUT2D eigenvalue weighted by molar-refractivity contribution is 0.0474. The maximum absolute atomic E-state index is 12.3. The molecular formula is C18H18N2O2S. The van der Waals surface area contributed by atoms with Crippen LogP contribution in [0.4, 0.5) is 0 Å². The third-order valence-electron chi connectivity index (χ3n) is 4.21. The molecular weight excluding hydrogens is 308 g/mol. The number of aromatic nitrogens is 2. The Kier molecular flexibility index (Phi) is 3.87. The van der Waals surface area contributed by atoms with E-state index in [-0.39, 0.29) is 12.6 Å². The van der Waals surface area contributed by atoms with Crippen LogP contribution < -0.4 is 0 Å². The molecule has 0 saturated heterocycles. The summed E-state index contributed by atoms with van der Waals surface area (Å²) in [6.07, 6.45) is 9.75. The summed E-state index contributed by atoms with van der Waals surface area (Å²) in [5.74, 6) is -0.236. The van der Waals surface area contributed by atoms with Crippen LogP contribution in [0.5, 0.6) is 0 Å². The molecule has 4 nitrogen and oxygen atoms in total. The molecule has 1 aliphatic carbocycles. The standard InChI is InChI=1S/C18H18N2O2S/c21-18(16-10-13-6-2-1-3-7-15(13)23-16)22-12-14-11-20-9-5-4-8-17(20)19-14/h4-5,8-11H,1-3,6-7,12H2. The molecule has 0 unspecified atom stereocenters. The Balaban J connectivity index is 1.45. The minimum absolute atomic E-state index is 0.211. The number of ether oxygens (including phenoxy) is 1. The van der Waals surface area contributed by atoms with Crippen LogP contribution in [0.3, 0.4) is 0 Å². The van der Waals surface area contributed by atoms with E-state index in [4.69, 9.17) is 4.74 Å². The molecule has 0 radical (unpaired) electrons. The van der Waals surface area contributed by atoms with E-state index in [0.717, 1.165) is 29.1 Å². The van der Waals surface area contributed by atoms with Gasteiger partial charge >= 0.3 is 5.97 Å². The van der Waals surface area contributed by atoms with Gasteiger partial charge in [-0.05, 0) is 49.4 Å². The Morgan fingerprint density at radius 3 is 3.09 bits per heavy atom. The summed E-state index contributed by atoms with van der Waals surface area (Å²) in [6, 6.07) is 7.85. The monoisotopic (exact) mass is 326 g/mol. The van der Waals surface area contributed by atoms with E-state index in [1.807, 2.05) is 41.1 Å². The largest absolute Gasteiger partial charge is 0.455 e. The van der Waals surface area contributed by atoms with Crippen LogP contribution in [0.1, 0.15) is 45.1 Å². The molecule has 0 N–H and O–H groups in total. The Morgan fingerprint density at radius 2 is 2.17 bits per heavy atom. The molecule has 0 aliphatic heterocycles. The third kappa shape index (κ3) is 3.01. The molecule has 118 valence electrons. The van der Waals surface area contributed by atoms with Crippen LogP contribution >= 0.6 is 11.3 Å². The van der Waals surface area contributed by atoms with E-state index in [2.05, 4.69) is 4.98 Å². The number of thiophene rings is 1. The molecule has 1 aliphatic rings. The zero-order valence-electron chi connectivity index (χ0n) is 12.8. The zero-order chi connectivity index (χ0) is 15.6. The van der Waals surface area contributed by atoms with Crippen molar-refractivity contribution in [1.29, 1.82) is 0 Å². The molecule has 4 rings (SSSR count). The summed E-state index contributed by atoms with van der Waals surface area (Å²) in [5.41, 5.74) is 2.97. The van der Waals surface area contributed by atoms with Gasteiger partial charge in [-0.15, -0.1) is 11.3 Å². The fourth-order valence-electron chi connectivity index (χ4n) is 3.04. The summed E-state index contributed by atoms with van der Waals surface area (Å²) < 4.78 is 7.38. The van der Waals surface area contributed by atoms with Crippen molar-refractivity contribution < 1.29 is 9.53 Å². The lowest BCUT2D eigenvalue weighted by Gasteiger charge is -2.00. The summed E-state index contributed by atoms with van der Waals surface area (Å²) >= 11 is 1.60. The van der Waals surface area contributed by atoms with Gasteiger partial charge in [0.1, 0.15) is 17.1 Å². The number of fused-ring (bicyclic) bond motifs is 2. The van der Waals surface area contributed by atoms with Gasteiger partial charge in [0.05, 0.1) is 5.69 Å². The van der Waals surface area contributed by atoms with E-state index < -0.39 is 0 Å².